The molecule has 0 N–H and O–H groups in total. The Labute approximate surface area is 113 Å². The molecule has 0 spiro atoms. The second-order valence-corrected chi connectivity index (χ2v) is 6.80. The van der Waals surface area contributed by atoms with Crippen LogP contribution in [0.25, 0.3) is 0 Å². The maximum absolute atomic E-state index is 2.37. The van der Waals surface area contributed by atoms with Crippen LogP contribution >= 0.6 is 0 Å². The summed E-state index contributed by atoms with van der Waals surface area (Å²) in [6.07, 6.45) is 17.1. The van der Waals surface area contributed by atoms with Crippen molar-refractivity contribution in [2.24, 2.45) is 0 Å². The van der Waals surface area contributed by atoms with E-state index in [4.69, 9.17) is 0 Å². The standard InChI is InChI=1S/2C8H11.V/c2*1-2-5-8-6-3-4-7-8;/h2*3,6H,2,4-5H2,1H3;. The molecule has 17 heavy (non-hydrogen) atoms. The van der Waals surface area contributed by atoms with Crippen molar-refractivity contribution in [3.63, 3.8) is 0 Å². The van der Waals surface area contributed by atoms with Crippen LogP contribution in [0.1, 0.15) is 52.4 Å². The fourth-order valence-corrected chi connectivity index (χ4v) is 4.63. The fraction of sp³-hybridized carbons (Fsp3) is 0.500. The van der Waals surface area contributed by atoms with E-state index in [0.29, 0.717) is 16.3 Å². The molecule has 0 aliphatic heterocycles. The normalized spacial score (nSPS) is 18.7. The van der Waals surface area contributed by atoms with Crippen molar-refractivity contribution >= 4 is 0 Å². The van der Waals surface area contributed by atoms with Gasteiger partial charge in [-0.05, 0) is 0 Å². The third-order valence-corrected chi connectivity index (χ3v) is 5.62. The quantitative estimate of drug-likeness (QED) is 0.627. The van der Waals surface area contributed by atoms with Crippen LogP contribution in [-0.2, 0) is 16.3 Å². The molecule has 0 aromatic carbocycles. The van der Waals surface area contributed by atoms with Crippen molar-refractivity contribution in [2.75, 3.05) is 0 Å². The van der Waals surface area contributed by atoms with Gasteiger partial charge in [0.2, 0.25) is 0 Å². The molecule has 0 saturated carbocycles. The maximum atomic E-state index is 2.37. The first-order chi connectivity index (χ1) is 8.35. The van der Waals surface area contributed by atoms with Crippen LogP contribution < -0.4 is 0 Å². The van der Waals surface area contributed by atoms with Gasteiger partial charge in [-0.3, -0.25) is 0 Å². The van der Waals surface area contributed by atoms with Crippen LogP contribution in [0.4, 0.5) is 0 Å². The zero-order valence-electron chi connectivity index (χ0n) is 11.0. The molecule has 0 radical (unpaired) electrons. The van der Waals surface area contributed by atoms with E-state index in [-0.39, 0.29) is 0 Å². The van der Waals surface area contributed by atoms with E-state index in [9.17, 15) is 0 Å². The van der Waals surface area contributed by atoms with Crippen molar-refractivity contribution in [3.8, 4) is 0 Å². The summed E-state index contributed by atoms with van der Waals surface area (Å²) >= 11 is 0.306. The zero-order valence-corrected chi connectivity index (χ0v) is 12.4. The number of hydrogen-bond donors (Lipinski definition) is 0. The molecule has 0 saturated heterocycles. The molecule has 0 aromatic heterocycles. The van der Waals surface area contributed by atoms with Crippen molar-refractivity contribution in [3.05, 3.63) is 44.0 Å². The molecule has 0 amide bonds. The first-order valence-electron chi connectivity index (χ1n) is 6.84. The van der Waals surface area contributed by atoms with E-state index in [1.165, 1.54) is 38.5 Å². The van der Waals surface area contributed by atoms with Gasteiger partial charge in [0.25, 0.3) is 0 Å². The molecule has 2 aliphatic carbocycles. The van der Waals surface area contributed by atoms with E-state index in [2.05, 4.69) is 38.2 Å². The van der Waals surface area contributed by atoms with E-state index in [1.807, 2.05) is 0 Å². The van der Waals surface area contributed by atoms with Crippen LogP contribution in [0, 0.1) is 0 Å². The molecule has 0 bridgehead atoms. The second kappa shape index (κ2) is 6.47. The van der Waals surface area contributed by atoms with Crippen LogP contribution in [0.3, 0.4) is 0 Å². The molecule has 2 rings (SSSR count). The summed E-state index contributed by atoms with van der Waals surface area (Å²) in [4.78, 5) is 0. The number of rotatable bonds is 6. The molecule has 0 heterocycles. The summed E-state index contributed by atoms with van der Waals surface area (Å²) < 4.78 is 3.55. The van der Waals surface area contributed by atoms with Crippen LogP contribution in [0.5, 0.6) is 0 Å². The average molecular weight is 265 g/mol. The third-order valence-electron chi connectivity index (χ3n) is 3.31. The summed E-state index contributed by atoms with van der Waals surface area (Å²) in [6.45, 7) is 4.57. The molecule has 0 unspecified atom stereocenters. The predicted molar refractivity (Wildman–Crippen MR) is 71.4 cm³/mol. The van der Waals surface area contributed by atoms with Crippen molar-refractivity contribution in [1.29, 1.82) is 0 Å². The Kier molecular flexibility index (Phi) is 4.94. The van der Waals surface area contributed by atoms with Crippen molar-refractivity contribution in [1.82, 2.24) is 0 Å². The summed E-state index contributed by atoms with van der Waals surface area (Å²) in [7, 11) is 0. The van der Waals surface area contributed by atoms with Gasteiger partial charge in [0.15, 0.2) is 0 Å². The van der Waals surface area contributed by atoms with Gasteiger partial charge in [-0.15, -0.1) is 0 Å². The first kappa shape index (κ1) is 13.0. The van der Waals surface area contributed by atoms with E-state index >= 15 is 0 Å². The molecule has 0 atom stereocenters. The summed E-state index contributed by atoms with van der Waals surface area (Å²) in [5, 5.41) is 0. The summed E-state index contributed by atoms with van der Waals surface area (Å²) in [6, 6.07) is 0. The van der Waals surface area contributed by atoms with Gasteiger partial charge in [0.05, 0.1) is 0 Å². The molecule has 2 aliphatic rings. The first-order valence-corrected chi connectivity index (χ1v) is 8.23. The third kappa shape index (κ3) is 3.27. The van der Waals surface area contributed by atoms with Gasteiger partial charge in [0, 0.05) is 0 Å². The topological polar surface area (TPSA) is 0 Å². The van der Waals surface area contributed by atoms with Crippen LogP contribution in [0.15, 0.2) is 44.0 Å². The van der Waals surface area contributed by atoms with Gasteiger partial charge in [0.1, 0.15) is 0 Å². The molecular weight excluding hydrogens is 243 g/mol. The molecular formula is C16H22V. The Morgan fingerprint density at radius 2 is 1.35 bits per heavy atom. The van der Waals surface area contributed by atoms with Crippen LogP contribution in [0.2, 0.25) is 0 Å². The minimum atomic E-state index is 0.306. The Morgan fingerprint density at radius 3 is 1.76 bits per heavy atom. The fourth-order valence-electron chi connectivity index (χ4n) is 2.47. The van der Waals surface area contributed by atoms with E-state index < -0.39 is 0 Å². The van der Waals surface area contributed by atoms with E-state index in [1.54, 1.807) is 19.7 Å². The Morgan fingerprint density at radius 1 is 0.882 bits per heavy atom. The Balaban J connectivity index is 2.06. The summed E-state index contributed by atoms with van der Waals surface area (Å²) in [5.41, 5.74) is 3.31. The number of hydrogen-bond acceptors (Lipinski definition) is 0. The minimum absolute atomic E-state index is 0.306. The van der Waals surface area contributed by atoms with Gasteiger partial charge in [-0.1, -0.05) is 0 Å². The van der Waals surface area contributed by atoms with Crippen LogP contribution in [-0.4, -0.2) is 0 Å². The average Bonchev–Trinajstić information content (AvgIpc) is 2.92. The Hall–Kier alpha value is -0.456. The monoisotopic (exact) mass is 265 g/mol. The summed E-state index contributed by atoms with van der Waals surface area (Å²) in [5.74, 6) is 0. The van der Waals surface area contributed by atoms with Gasteiger partial charge in [-0.25, -0.2) is 0 Å². The molecule has 1 heteroatoms. The molecule has 91 valence electrons. The van der Waals surface area contributed by atoms with Gasteiger partial charge < -0.3 is 0 Å². The molecule has 0 nitrogen and oxygen atoms in total. The molecule has 0 aromatic rings. The zero-order chi connectivity index (χ0) is 12.1. The molecule has 0 fully saturated rings. The van der Waals surface area contributed by atoms with Gasteiger partial charge >= 0.3 is 113 Å². The van der Waals surface area contributed by atoms with Crippen molar-refractivity contribution in [2.45, 2.75) is 52.4 Å². The SMILES string of the molecule is CCCC1=[C]([V][C]2=C(CCC)C=CC2)CC=C1. The number of allylic oxidation sites excluding steroid dienone is 8. The predicted octanol–water partition coefficient (Wildman–Crippen LogP) is 5.10. The second-order valence-electron chi connectivity index (χ2n) is 4.77. The Bertz CT molecular complexity index is 356. The van der Waals surface area contributed by atoms with E-state index in [0.717, 1.165) is 0 Å². The van der Waals surface area contributed by atoms with Gasteiger partial charge in [-0.2, -0.15) is 0 Å². The van der Waals surface area contributed by atoms with Crippen molar-refractivity contribution < 1.29 is 16.3 Å².